The normalized spacial score (nSPS) is 10.3. The van der Waals surface area contributed by atoms with E-state index in [4.69, 9.17) is 0 Å². The van der Waals surface area contributed by atoms with E-state index in [0.29, 0.717) is 5.75 Å². The van der Waals surface area contributed by atoms with Gasteiger partial charge < -0.3 is 0 Å². The highest BCUT2D eigenvalue weighted by atomic mass is 79.9. The zero-order valence-corrected chi connectivity index (χ0v) is 11.6. The van der Waals surface area contributed by atoms with Gasteiger partial charge in [0.05, 0.1) is 5.75 Å². The molecule has 1 heterocycles. The molecule has 0 amide bonds. The third kappa shape index (κ3) is 3.20. The largest absolute Gasteiger partial charge is 0.293 e. The van der Waals surface area contributed by atoms with Crippen LogP contribution in [0.1, 0.15) is 10.4 Å². The first-order valence-corrected chi connectivity index (χ1v) is 7.41. The van der Waals surface area contributed by atoms with Crippen LogP contribution in [0.5, 0.6) is 0 Å². The molecule has 0 bridgehead atoms. The Morgan fingerprint density at radius 3 is 2.62 bits per heavy atom. The molecular weight excluding hydrogens is 304 g/mol. The van der Waals surface area contributed by atoms with Gasteiger partial charge in [-0.25, -0.2) is 0 Å². The quantitative estimate of drug-likeness (QED) is 0.611. The molecule has 1 aromatic heterocycles. The van der Waals surface area contributed by atoms with E-state index in [2.05, 4.69) is 15.9 Å². The molecule has 0 aliphatic rings. The molecule has 0 fully saturated rings. The van der Waals surface area contributed by atoms with E-state index in [1.165, 1.54) is 0 Å². The molecule has 0 saturated carbocycles. The van der Waals surface area contributed by atoms with Crippen molar-refractivity contribution in [2.75, 3.05) is 5.75 Å². The van der Waals surface area contributed by atoms with Crippen LogP contribution in [0, 0.1) is 0 Å². The van der Waals surface area contributed by atoms with Crippen LogP contribution < -0.4 is 0 Å². The summed E-state index contributed by atoms with van der Waals surface area (Å²) in [5, 5.41) is 3.82. The Labute approximate surface area is 111 Å². The van der Waals surface area contributed by atoms with Gasteiger partial charge in [0.25, 0.3) is 0 Å². The van der Waals surface area contributed by atoms with Gasteiger partial charge in [0, 0.05) is 20.3 Å². The van der Waals surface area contributed by atoms with E-state index in [9.17, 15) is 4.79 Å². The van der Waals surface area contributed by atoms with E-state index in [1.54, 1.807) is 23.1 Å². The number of rotatable bonds is 4. The summed E-state index contributed by atoms with van der Waals surface area (Å²) in [5.74, 6) is 0.687. The summed E-state index contributed by atoms with van der Waals surface area (Å²) in [5.41, 5.74) is 0.814. The van der Waals surface area contributed by atoms with Crippen LogP contribution in [0.15, 0.2) is 50.5 Å². The Morgan fingerprint density at radius 1 is 1.25 bits per heavy atom. The van der Waals surface area contributed by atoms with Crippen molar-refractivity contribution >= 4 is 44.8 Å². The van der Waals surface area contributed by atoms with Crippen LogP contribution in [0.4, 0.5) is 0 Å². The van der Waals surface area contributed by atoms with Crippen LogP contribution in [-0.4, -0.2) is 11.5 Å². The molecule has 0 spiro atoms. The van der Waals surface area contributed by atoms with Crippen molar-refractivity contribution in [2.45, 2.75) is 4.90 Å². The molecular formula is C12H9BrOS2. The fourth-order valence-electron chi connectivity index (χ4n) is 1.19. The first kappa shape index (κ1) is 11.9. The highest BCUT2D eigenvalue weighted by Crippen LogP contribution is 2.21. The summed E-state index contributed by atoms with van der Waals surface area (Å²) in [7, 11) is 0. The summed E-state index contributed by atoms with van der Waals surface area (Å²) in [4.78, 5) is 12.8. The molecule has 82 valence electrons. The Kier molecular flexibility index (Phi) is 4.21. The molecule has 2 rings (SSSR count). The maximum absolute atomic E-state index is 11.7. The first-order valence-electron chi connectivity index (χ1n) is 4.69. The maximum atomic E-state index is 11.7. The first-order chi connectivity index (χ1) is 7.75. The minimum absolute atomic E-state index is 0.189. The summed E-state index contributed by atoms with van der Waals surface area (Å²) in [6, 6.07) is 9.86. The molecule has 0 N–H and O–H groups in total. The lowest BCUT2D eigenvalue weighted by atomic mass is 10.2. The smallest absolute Gasteiger partial charge is 0.173 e. The van der Waals surface area contributed by atoms with Gasteiger partial charge >= 0.3 is 0 Å². The molecule has 0 atom stereocenters. The number of ketones is 1. The number of carbonyl (C=O) groups is 1. The highest BCUT2D eigenvalue weighted by molar-refractivity contribution is 9.10. The molecule has 1 nitrogen and oxygen atoms in total. The lowest BCUT2D eigenvalue weighted by molar-refractivity contribution is 0.102. The molecule has 0 aliphatic heterocycles. The maximum Gasteiger partial charge on any atom is 0.173 e. The molecule has 2 aromatic rings. The Morgan fingerprint density at radius 2 is 2.00 bits per heavy atom. The molecule has 0 aliphatic carbocycles. The van der Waals surface area contributed by atoms with Crippen molar-refractivity contribution in [3.05, 3.63) is 51.1 Å². The highest BCUT2D eigenvalue weighted by Gasteiger charge is 2.06. The zero-order valence-electron chi connectivity index (χ0n) is 8.35. The number of thioether (sulfide) groups is 1. The van der Waals surface area contributed by atoms with Crippen LogP contribution in [-0.2, 0) is 0 Å². The average Bonchev–Trinajstić information content (AvgIpc) is 2.81. The number of hydrogen-bond donors (Lipinski definition) is 0. The van der Waals surface area contributed by atoms with Crippen molar-refractivity contribution in [2.24, 2.45) is 0 Å². The van der Waals surface area contributed by atoms with Crippen LogP contribution in [0.3, 0.4) is 0 Å². The number of thiophene rings is 1. The van der Waals surface area contributed by atoms with Gasteiger partial charge in [-0.2, -0.15) is 11.3 Å². The SMILES string of the molecule is O=C(CSc1ccc(Br)cc1)c1ccsc1. The van der Waals surface area contributed by atoms with Gasteiger partial charge in [0.2, 0.25) is 0 Å². The van der Waals surface area contributed by atoms with Crippen LogP contribution >= 0.6 is 39.0 Å². The lowest BCUT2D eigenvalue weighted by Gasteiger charge is -2.00. The number of benzene rings is 1. The minimum atomic E-state index is 0.189. The number of Topliss-reactive ketones (excluding diaryl/α,β-unsaturated/α-hetero) is 1. The van der Waals surface area contributed by atoms with Gasteiger partial charge in [-0.3, -0.25) is 4.79 Å². The number of carbonyl (C=O) groups excluding carboxylic acids is 1. The van der Waals surface area contributed by atoms with E-state index in [1.807, 2.05) is 41.1 Å². The minimum Gasteiger partial charge on any atom is -0.293 e. The predicted molar refractivity (Wildman–Crippen MR) is 73.5 cm³/mol. The standard InChI is InChI=1S/C12H9BrOS2/c13-10-1-3-11(4-2-10)16-8-12(14)9-5-6-15-7-9/h1-7H,8H2. The average molecular weight is 313 g/mol. The Hall–Kier alpha value is -0.580. The summed E-state index contributed by atoms with van der Waals surface area (Å²) < 4.78 is 1.06. The van der Waals surface area contributed by atoms with Crippen molar-refractivity contribution in [3.8, 4) is 0 Å². The van der Waals surface area contributed by atoms with Gasteiger partial charge in [0.15, 0.2) is 5.78 Å². The predicted octanol–water partition coefficient (Wildman–Crippen LogP) is 4.49. The monoisotopic (exact) mass is 312 g/mol. The Balaban J connectivity index is 1.93. The second-order valence-electron chi connectivity index (χ2n) is 3.18. The fraction of sp³-hybridized carbons (Fsp3) is 0.0833. The topological polar surface area (TPSA) is 17.1 Å². The molecule has 1 aromatic carbocycles. The second-order valence-corrected chi connectivity index (χ2v) is 5.92. The van der Waals surface area contributed by atoms with E-state index in [0.717, 1.165) is 14.9 Å². The van der Waals surface area contributed by atoms with E-state index >= 15 is 0 Å². The lowest BCUT2D eigenvalue weighted by Crippen LogP contribution is -1.99. The molecule has 0 saturated heterocycles. The van der Waals surface area contributed by atoms with Crippen LogP contribution in [0.25, 0.3) is 0 Å². The summed E-state index contributed by atoms with van der Waals surface area (Å²) >= 11 is 6.51. The van der Waals surface area contributed by atoms with Gasteiger partial charge in [-0.1, -0.05) is 15.9 Å². The number of halogens is 1. The van der Waals surface area contributed by atoms with Crippen LogP contribution in [0.2, 0.25) is 0 Å². The van der Waals surface area contributed by atoms with Crippen molar-refractivity contribution in [3.63, 3.8) is 0 Å². The summed E-state index contributed by atoms with van der Waals surface area (Å²) in [6.07, 6.45) is 0. The van der Waals surface area contributed by atoms with Crippen molar-refractivity contribution in [1.29, 1.82) is 0 Å². The van der Waals surface area contributed by atoms with Crippen molar-refractivity contribution in [1.82, 2.24) is 0 Å². The molecule has 16 heavy (non-hydrogen) atoms. The van der Waals surface area contributed by atoms with Gasteiger partial charge in [0.1, 0.15) is 0 Å². The Bertz CT molecular complexity index is 462. The molecule has 4 heteroatoms. The van der Waals surface area contributed by atoms with Gasteiger partial charge in [-0.15, -0.1) is 11.8 Å². The number of hydrogen-bond acceptors (Lipinski definition) is 3. The van der Waals surface area contributed by atoms with Gasteiger partial charge in [-0.05, 0) is 35.7 Å². The fourth-order valence-corrected chi connectivity index (χ4v) is 2.90. The van der Waals surface area contributed by atoms with E-state index < -0.39 is 0 Å². The van der Waals surface area contributed by atoms with E-state index in [-0.39, 0.29) is 5.78 Å². The third-order valence-electron chi connectivity index (χ3n) is 2.03. The second kappa shape index (κ2) is 5.66. The summed E-state index contributed by atoms with van der Waals surface area (Å²) in [6.45, 7) is 0. The molecule has 0 unspecified atom stereocenters. The van der Waals surface area contributed by atoms with Crippen molar-refractivity contribution < 1.29 is 4.79 Å². The molecule has 0 radical (unpaired) electrons. The third-order valence-corrected chi connectivity index (χ3v) is 4.25. The zero-order chi connectivity index (χ0) is 11.4.